The molecule has 2 aromatic rings. The quantitative estimate of drug-likeness (QED) is 0.682. The van der Waals surface area contributed by atoms with Crippen molar-refractivity contribution < 1.29 is 24.3 Å². The first-order chi connectivity index (χ1) is 15.9. The lowest BCUT2D eigenvalue weighted by Gasteiger charge is -2.37. The van der Waals surface area contributed by atoms with Gasteiger partial charge in [-0.15, -0.1) is 0 Å². The van der Waals surface area contributed by atoms with Crippen LogP contribution in [0, 0.1) is 0 Å². The number of piperidine rings is 1. The number of imide groups is 1. The number of carbonyl (C=O) groups excluding carboxylic acids is 3. The van der Waals surface area contributed by atoms with Crippen molar-refractivity contribution in [2.24, 2.45) is 0 Å². The number of benzene rings is 2. The van der Waals surface area contributed by atoms with E-state index in [2.05, 4.69) is 15.1 Å². The second kappa shape index (κ2) is 8.23. The van der Waals surface area contributed by atoms with Gasteiger partial charge in [-0.05, 0) is 54.4 Å². The molecule has 5 rings (SSSR count). The Kier molecular flexibility index (Phi) is 5.24. The van der Waals surface area contributed by atoms with Gasteiger partial charge in [0.2, 0.25) is 11.8 Å². The summed E-state index contributed by atoms with van der Waals surface area (Å²) in [6.07, 6.45) is 0.595. The molecule has 170 valence electrons. The van der Waals surface area contributed by atoms with E-state index in [9.17, 15) is 19.2 Å². The van der Waals surface area contributed by atoms with E-state index in [4.69, 9.17) is 5.11 Å². The van der Waals surface area contributed by atoms with Crippen LogP contribution in [0.25, 0.3) is 0 Å². The zero-order valence-corrected chi connectivity index (χ0v) is 18.0. The van der Waals surface area contributed by atoms with Gasteiger partial charge < -0.3 is 19.8 Å². The zero-order chi connectivity index (χ0) is 23.1. The predicted octanol–water partition coefficient (Wildman–Crippen LogP) is 1.47. The fourth-order valence-corrected chi connectivity index (χ4v) is 4.80. The predicted molar refractivity (Wildman–Crippen MR) is 120 cm³/mol. The number of aromatic carboxylic acids is 1. The van der Waals surface area contributed by atoms with E-state index in [0.29, 0.717) is 18.5 Å². The standard InChI is InChI=1S/C24H24N4O5/c29-21-8-7-20(22(30)25-21)28-14-16-13-18(5-6-19(16)23(28)31)27-11-9-26(10-12-27)17-3-1-15(2-4-17)24(32)33/h1-6,13,20H,7-12,14H2,(H,32,33)(H,25,29,30)/t20-/m1/s1. The van der Waals surface area contributed by atoms with Gasteiger partial charge in [-0.3, -0.25) is 19.7 Å². The second-order valence-corrected chi connectivity index (χ2v) is 8.57. The van der Waals surface area contributed by atoms with Gasteiger partial charge in [-0.2, -0.15) is 0 Å². The molecule has 2 aromatic carbocycles. The summed E-state index contributed by atoms with van der Waals surface area (Å²) in [7, 11) is 0. The molecular weight excluding hydrogens is 424 g/mol. The Labute approximate surface area is 190 Å². The largest absolute Gasteiger partial charge is 0.478 e. The number of rotatable bonds is 4. The van der Waals surface area contributed by atoms with Gasteiger partial charge in [-0.1, -0.05) is 0 Å². The number of anilines is 2. The number of carboxylic acid groups (broad SMARTS) is 1. The minimum Gasteiger partial charge on any atom is -0.478 e. The maximum atomic E-state index is 12.9. The van der Waals surface area contributed by atoms with Gasteiger partial charge >= 0.3 is 5.97 Å². The van der Waals surface area contributed by atoms with E-state index in [1.807, 2.05) is 30.3 Å². The van der Waals surface area contributed by atoms with Crippen LogP contribution in [0.3, 0.4) is 0 Å². The fourth-order valence-electron chi connectivity index (χ4n) is 4.80. The lowest BCUT2D eigenvalue weighted by molar-refractivity contribution is -0.136. The Bertz CT molecular complexity index is 1140. The van der Waals surface area contributed by atoms with E-state index in [1.165, 1.54) is 0 Å². The highest BCUT2D eigenvalue weighted by Gasteiger charge is 2.39. The lowest BCUT2D eigenvalue weighted by Crippen LogP contribution is -2.52. The monoisotopic (exact) mass is 448 g/mol. The van der Waals surface area contributed by atoms with Crippen molar-refractivity contribution in [3.63, 3.8) is 0 Å². The number of amides is 3. The minimum atomic E-state index is -0.933. The van der Waals surface area contributed by atoms with Crippen molar-refractivity contribution in [2.75, 3.05) is 36.0 Å². The summed E-state index contributed by atoms with van der Waals surface area (Å²) in [4.78, 5) is 53.7. The molecule has 3 heterocycles. The van der Waals surface area contributed by atoms with Crippen molar-refractivity contribution in [3.8, 4) is 0 Å². The lowest BCUT2D eigenvalue weighted by atomic mass is 10.0. The molecule has 2 saturated heterocycles. The van der Waals surface area contributed by atoms with Crippen LogP contribution in [0.15, 0.2) is 42.5 Å². The molecule has 0 unspecified atom stereocenters. The molecule has 0 saturated carbocycles. The van der Waals surface area contributed by atoms with Crippen LogP contribution in [-0.2, 0) is 16.1 Å². The first-order valence-electron chi connectivity index (χ1n) is 11.0. The summed E-state index contributed by atoms with van der Waals surface area (Å²) in [5.41, 5.74) is 3.82. The van der Waals surface area contributed by atoms with E-state index >= 15 is 0 Å². The van der Waals surface area contributed by atoms with Gasteiger partial charge in [-0.25, -0.2) is 4.79 Å². The number of piperazine rings is 1. The Morgan fingerprint density at radius 1 is 0.909 bits per heavy atom. The number of fused-ring (bicyclic) bond motifs is 1. The van der Waals surface area contributed by atoms with Crippen LogP contribution in [0.2, 0.25) is 0 Å². The summed E-state index contributed by atoms with van der Waals surface area (Å²) in [6.45, 7) is 3.55. The van der Waals surface area contributed by atoms with Gasteiger partial charge in [0.1, 0.15) is 6.04 Å². The van der Waals surface area contributed by atoms with E-state index in [1.54, 1.807) is 17.0 Å². The Morgan fingerprint density at radius 2 is 1.55 bits per heavy atom. The SMILES string of the molecule is O=C1CC[C@@H](N2Cc3cc(N4CCN(c5ccc(C(=O)O)cc5)CC4)ccc3C2=O)C(=O)N1. The minimum absolute atomic E-state index is 0.166. The number of hydrogen-bond acceptors (Lipinski definition) is 6. The van der Waals surface area contributed by atoms with E-state index in [-0.39, 0.29) is 23.8 Å². The molecule has 2 N–H and O–H groups in total. The Hall–Kier alpha value is -3.88. The van der Waals surface area contributed by atoms with E-state index < -0.39 is 17.9 Å². The van der Waals surface area contributed by atoms with Crippen molar-refractivity contribution in [3.05, 3.63) is 59.2 Å². The third-order valence-electron chi connectivity index (χ3n) is 6.63. The van der Waals surface area contributed by atoms with Crippen molar-refractivity contribution in [1.29, 1.82) is 0 Å². The van der Waals surface area contributed by atoms with Gasteiger partial charge in [0, 0.05) is 56.1 Å². The molecule has 0 radical (unpaired) electrons. The highest BCUT2D eigenvalue weighted by Crippen LogP contribution is 2.31. The van der Waals surface area contributed by atoms with Crippen LogP contribution in [0.5, 0.6) is 0 Å². The molecule has 0 spiro atoms. The van der Waals surface area contributed by atoms with Crippen molar-refractivity contribution in [2.45, 2.75) is 25.4 Å². The summed E-state index contributed by atoms with van der Waals surface area (Å²) in [5, 5.41) is 11.4. The highest BCUT2D eigenvalue weighted by atomic mass is 16.4. The normalized spacial score (nSPS) is 20.7. The molecule has 9 heteroatoms. The average molecular weight is 448 g/mol. The number of nitrogens with zero attached hydrogens (tertiary/aromatic N) is 3. The smallest absolute Gasteiger partial charge is 0.335 e. The molecule has 3 aliphatic rings. The molecule has 33 heavy (non-hydrogen) atoms. The summed E-state index contributed by atoms with van der Waals surface area (Å²) >= 11 is 0. The van der Waals surface area contributed by atoms with Crippen LogP contribution >= 0.6 is 0 Å². The first kappa shape index (κ1) is 21.0. The molecule has 0 aromatic heterocycles. The second-order valence-electron chi connectivity index (χ2n) is 8.57. The zero-order valence-electron chi connectivity index (χ0n) is 18.0. The molecule has 3 amide bonds. The topological polar surface area (TPSA) is 110 Å². The third-order valence-corrected chi connectivity index (χ3v) is 6.63. The van der Waals surface area contributed by atoms with Gasteiger partial charge in [0.15, 0.2) is 0 Å². The summed E-state index contributed by atoms with van der Waals surface area (Å²) in [6, 6.07) is 12.1. The number of carbonyl (C=O) groups is 4. The number of carboxylic acids is 1. The van der Waals surface area contributed by atoms with Crippen LogP contribution in [0.1, 0.15) is 39.1 Å². The highest BCUT2D eigenvalue weighted by molar-refractivity contribution is 6.05. The van der Waals surface area contributed by atoms with Gasteiger partial charge in [0.05, 0.1) is 5.56 Å². The molecule has 2 fully saturated rings. The van der Waals surface area contributed by atoms with Crippen LogP contribution in [-0.4, -0.2) is 65.9 Å². The summed E-state index contributed by atoms with van der Waals surface area (Å²) < 4.78 is 0. The van der Waals surface area contributed by atoms with Crippen LogP contribution in [0.4, 0.5) is 11.4 Å². The summed E-state index contributed by atoms with van der Waals surface area (Å²) in [5.74, 6) is -1.79. The van der Waals surface area contributed by atoms with Crippen LogP contribution < -0.4 is 15.1 Å². The molecule has 0 aliphatic carbocycles. The molecule has 3 aliphatic heterocycles. The maximum absolute atomic E-state index is 12.9. The van der Waals surface area contributed by atoms with Gasteiger partial charge in [0.25, 0.3) is 5.91 Å². The Morgan fingerprint density at radius 3 is 2.18 bits per heavy atom. The average Bonchev–Trinajstić information content (AvgIpc) is 3.15. The number of hydrogen-bond donors (Lipinski definition) is 2. The fraction of sp³-hybridized carbons (Fsp3) is 0.333. The van der Waals surface area contributed by atoms with E-state index in [0.717, 1.165) is 43.1 Å². The maximum Gasteiger partial charge on any atom is 0.335 e. The van der Waals surface area contributed by atoms with Crippen molar-refractivity contribution >= 4 is 35.1 Å². The number of nitrogens with one attached hydrogen (secondary N) is 1. The molecule has 0 bridgehead atoms. The Balaban J connectivity index is 1.25. The molecule has 1 atom stereocenters. The molecular formula is C24H24N4O5. The van der Waals surface area contributed by atoms with Crippen molar-refractivity contribution in [1.82, 2.24) is 10.2 Å². The third kappa shape index (κ3) is 3.90. The molecule has 9 nitrogen and oxygen atoms in total. The first-order valence-corrected chi connectivity index (χ1v) is 11.0.